The fraction of sp³-hybridized carbons (Fsp3) is 0.417. The third-order valence-electron chi connectivity index (χ3n) is 6.34. The van der Waals surface area contributed by atoms with Crippen LogP contribution in [0.1, 0.15) is 47.8 Å². The van der Waals surface area contributed by atoms with E-state index in [1.165, 1.54) is 29.7 Å². The summed E-state index contributed by atoms with van der Waals surface area (Å²) in [5.74, 6) is 0.648. The number of benzene rings is 1. The first-order valence-corrected chi connectivity index (χ1v) is 11.7. The second kappa shape index (κ2) is 8.36. The molecule has 2 unspecified atom stereocenters. The van der Waals surface area contributed by atoms with Crippen LogP contribution in [0.4, 0.5) is 0 Å². The van der Waals surface area contributed by atoms with E-state index in [4.69, 9.17) is 4.74 Å². The predicted octanol–water partition coefficient (Wildman–Crippen LogP) is 4.62. The molecule has 0 saturated carbocycles. The van der Waals surface area contributed by atoms with Crippen molar-refractivity contribution in [2.45, 2.75) is 57.3 Å². The van der Waals surface area contributed by atoms with E-state index < -0.39 is 0 Å². The summed E-state index contributed by atoms with van der Waals surface area (Å²) in [7, 11) is 0. The monoisotopic (exact) mass is 421 g/mol. The van der Waals surface area contributed by atoms with E-state index in [0.717, 1.165) is 29.6 Å². The standard InChI is InChI=1S/C24H27N3O2S/c1-2-29-21-20-9-6-12-25-24(20)30-22(21)23(28)26-17-13-18-10-11-19(14-17)27(18)15-16-7-4-3-5-8-16/h3-9,12,17-19H,2,10-11,13-15H2,1H3,(H,26,28). The first-order valence-electron chi connectivity index (χ1n) is 10.8. The molecular formula is C24H27N3O2S. The molecule has 5 rings (SSSR count). The number of carbonyl (C=O) groups excluding carboxylic acids is 1. The van der Waals surface area contributed by atoms with E-state index in [1.807, 2.05) is 19.1 Å². The number of aromatic nitrogens is 1. The van der Waals surface area contributed by atoms with Gasteiger partial charge < -0.3 is 10.1 Å². The lowest BCUT2D eigenvalue weighted by molar-refractivity contribution is 0.0828. The second-order valence-corrected chi connectivity index (χ2v) is 9.23. The van der Waals surface area contributed by atoms with Gasteiger partial charge >= 0.3 is 0 Å². The third kappa shape index (κ3) is 3.70. The molecule has 2 fully saturated rings. The number of thiophene rings is 1. The van der Waals surface area contributed by atoms with E-state index in [2.05, 4.69) is 45.5 Å². The fourth-order valence-electron chi connectivity index (χ4n) is 5.04. The molecule has 4 heterocycles. The highest BCUT2D eigenvalue weighted by atomic mass is 32.1. The summed E-state index contributed by atoms with van der Waals surface area (Å²) < 4.78 is 5.84. The van der Waals surface area contributed by atoms with Gasteiger partial charge in [0, 0.05) is 30.9 Å². The minimum atomic E-state index is -0.0256. The molecule has 3 aromatic rings. The first-order chi connectivity index (χ1) is 14.7. The van der Waals surface area contributed by atoms with E-state index >= 15 is 0 Å². The van der Waals surface area contributed by atoms with Crippen LogP contribution in [0.3, 0.4) is 0 Å². The SMILES string of the molecule is CCOc1c(C(=O)NC2CC3CCC(C2)N3Cc2ccccc2)sc2ncccc12. The van der Waals surface area contributed by atoms with Crippen molar-refractivity contribution in [1.82, 2.24) is 15.2 Å². The van der Waals surface area contributed by atoms with E-state index in [-0.39, 0.29) is 11.9 Å². The van der Waals surface area contributed by atoms with Crippen molar-refractivity contribution >= 4 is 27.5 Å². The van der Waals surface area contributed by atoms with Crippen LogP contribution >= 0.6 is 11.3 Å². The Morgan fingerprint density at radius 3 is 2.67 bits per heavy atom. The highest BCUT2D eigenvalue weighted by molar-refractivity contribution is 7.20. The van der Waals surface area contributed by atoms with Crippen LogP contribution in [-0.2, 0) is 6.54 Å². The quantitative estimate of drug-likeness (QED) is 0.631. The van der Waals surface area contributed by atoms with E-state index in [1.54, 1.807) is 6.20 Å². The number of hydrogen-bond donors (Lipinski definition) is 1. The number of ether oxygens (including phenoxy) is 1. The van der Waals surface area contributed by atoms with Crippen LogP contribution in [-0.4, -0.2) is 40.5 Å². The highest BCUT2D eigenvalue weighted by Crippen LogP contribution is 2.39. The number of nitrogens with one attached hydrogen (secondary N) is 1. The lowest BCUT2D eigenvalue weighted by Crippen LogP contribution is -2.49. The maximum absolute atomic E-state index is 13.2. The van der Waals surface area contributed by atoms with Gasteiger partial charge in [0.25, 0.3) is 5.91 Å². The minimum absolute atomic E-state index is 0.0256. The number of hydrogen-bond acceptors (Lipinski definition) is 5. The lowest BCUT2D eigenvalue weighted by atomic mass is 9.96. The zero-order valence-electron chi connectivity index (χ0n) is 17.2. The Morgan fingerprint density at radius 1 is 1.17 bits per heavy atom. The van der Waals surface area contributed by atoms with E-state index in [9.17, 15) is 4.79 Å². The first kappa shape index (κ1) is 19.5. The van der Waals surface area contributed by atoms with Crippen molar-refractivity contribution in [3.8, 4) is 5.75 Å². The third-order valence-corrected chi connectivity index (χ3v) is 7.44. The topological polar surface area (TPSA) is 54.5 Å². The Hall–Kier alpha value is -2.44. The van der Waals surface area contributed by atoms with Gasteiger partial charge in [0.05, 0.1) is 12.0 Å². The summed E-state index contributed by atoms with van der Waals surface area (Å²) >= 11 is 1.42. The molecule has 2 aliphatic rings. The largest absolute Gasteiger partial charge is 0.491 e. The van der Waals surface area contributed by atoms with Crippen LogP contribution in [0.2, 0.25) is 0 Å². The Morgan fingerprint density at radius 2 is 1.93 bits per heavy atom. The van der Waals surface area contributed by atoms with Crippen LogP contribution < -0.4 is 10.1 Å². The molecule has 1 aromatic carbocycles. The Labute approximate surface area is 181 Å². The van der Waals surface area contributed by atoms with Crippen molar-refractivity contribution in [1.29, 1.82) is 0 Å². The van der Waals surface area contributed by atoms with Gasteiger partial charge in [-0.25, -0.2) is 4.98 Å². The van der Waals surface area contributed by atoms with Gasteiger partial charge in [-0.15, -0.1) is 11.3 Å². The molecule has 2 aromatic heterocycles. The van der Waals surface area contributed by atoms with Crippen molar-refractivity contribution in [2.75, 3.05) is 6.61 Å². The summed E-state index contributed by atoms with van der Waals surface area (Å²) in [5, 5.41) is 4.24. The molecule has 2 aliphatic heterocycles. The predicted molar refractivity (Wildman–Crippen MR) is 120 cm³/mol. The van der Waals surface area contributed by atoms with Gasteiger partial charge in [-0.2, -0.15) is 0 Å². The molecule has 1 N–H and O–H groups in total. The molecule has 1 amide bonds. The zero-order chi connectivity index (χ0) is 20.5. The average molecular weight is 422 g/mol. The molecule has 0 spiro atoms. The lowest BCUT2D eigenvalue weighted by Gasteiger charge is -2.39. The van der Waals surface area contributed by atoms with Gasteiger partial charge in [-0.1, -0.05) is 30.3 Å². The van der Waals surface area contributed by atoms with Crippen LogP contribution in [0.25, 0.3) is 10.2 Å². The van der Waals surface area contributed by atoms with Gasteiger partial charge in [0.2, 0.25) is 0 Å². The maximum Gasteiger partial charge on any atom is 0.265 e. The number of amides is 1. The van der Waals surface area contributed by atoms with Gasteiger partial charge in [0.1, 0.15) is 9.71 Å². The number of carbonyl (C=O) groups is 1. The van der Waals surface area contributed by atoms with Gasteiger partial charge in [0.15, 0.2) is 5.75 Å². The Bertz CT molecular complexity index is 1020. The molecule has 6 heteroatoms. The molecule has 30 heavy (non-hydrogen) atoms. The number of nitrogens with zero attached hydrogens (tertiary/aromatic N) is 2. The van der Waals surface area contributed by atoms with Crippen molar-refractivity contribution < 1.29 is 9.53 Å². The number of piperidine rings is 1. The van der Waals surface area contributed by atoms with Crippen LogP contribution in [0, 0.1) is 0 Å². The summed E-state index contributed by atoms with van der Waals surface area (Å²) in [6.45, 7) is 3.48. The van der Waals surface area contributed by atoms with Crippen molar-refractivity contribution in [2.24, 2.45) is 0 Å². The smallest absolute Gasteiger partial charge is 0.265 e. The fourth-order valence-corrected chi connectivity index (χ4v) is 6.03. The van der Waals surface area contributed by atoms with Crippen molar-refractivity contribution in [3.05, 3.63) is 59.1 Å². The molecular weight excluding hydrogens is 394 g/mol. The molecule has 2 atom stereocenters. The summed E-state index contributed by atoms with van der Waals surface area (Å²) in [4.78, 5) is 21.7. The highest BCUT2D eigenvalue weighted by Gasteiger charge is 2.41. The Balaban J connectivity index is 1.29. The average Bonchev–Trinajstić information content (AvgIpc) is 3.23. The zero-order valence-corrected chi connectivity index (χ0v) is 18.0. The maximum atomic E-state index is 13.2. The van der Waals surface area contributed by atoms with Gasteiger partial charge in [-0.05, 0) is 50.3 Å². The Kier molecular flexibility index (Phi) is 5.44. The molecule has 156 valence electrons. The molecule has 0 radical (unpaired) electrons. The normalized spacial score (nSPS) is 23.6. The number of rotatable bonds is 6. The second-order valence-electron chi connectivity index (χ2n) is 8.23. The minimum Gasteiger partial charge on any atom is -0.491 e. The van der Waals surface area contributed by atoms with Crippen LogP contribution in [0.5, 0.6) is 5.75 Å². The van der Waals surface area contributed by atoms with Gasteiger partial charge in [-0.3, -0.25) is 9.69 Å². The summed E-state index contributed by atoms with van der Waals surface area (Å²) in [6, 6.07) is 15.9. The molecule has 5 nitrogen and oxygen atoms in total. The number of pyridine rings is 1. The van der Waals surface area contributed by atoms with Crippen LogP contribution in [0.15, 0.2) is 48.7 Å². The number of fused-ring (bicyclic) bond motifs is 3. The molecule has 0 aliphatic carbocycles. The molecule has 2 saturated heterocycles. The van der Waals surface area contributed by atoms with E-state index in [0.29, 0.717) is 29.3 Å². The summed E-state index contributed by atoms with van der Waals surface area (Å²) in [5.41, 5.74) is 1.37. The molecule has 2 bridgehead atoms. The van der Waals surface area contributed by atoms with Crippen molar-refractivity contribution in [3.63, 3.8) is 0 Å². The summed E-state index contributed by atoms with van der Waals surface area (Å²) in [6.07, 6.45) is 6.24.